The lowest BCUT2D eigenvalue weighted by Crippen LogP contribution is -2.22. The van der Waals surface area contributed by atoms with E-state index in [2.05, 4.69) is 5.32 Å². The maximum Gasteiger partial charge on any atom is 0.262 e. The molecule has 150 valence electrons. The molecule has 0 unspecified atom stereocenters. The molecule has 5 nitrogen and oxygen atoms in total. The molecule has 2 amide bonds. The highest BCUT2D eigenvalue weighted by Crippen LogP contribution is 2.34. The molecule has 3 rings (SSSR count). The molecule has 3 N–H and O–H groups in total. The van der Waals surface area contributed by atoms with E-state index in [-0.39, 0.29) is 12.5 Å². The second-order valence-corrected chi connectivity index (χ2v) is 8.15. The zero-order valence-electron chi connectivity index (χ0n) is 16.7. The van der Waals surface area contributed by atoms with Crippen LogP contribution in [0.3, 0.4) is 0 Å². The average molecular weight is 409 g/mol. The van der Waals surface area contributed by atoms with E-state index in [0.717, 1.165) is 27.1 Å². The molecule has 0 aliphatic carbocycles. The summed E-state index contributed by atoms with van der Waals surface area (Å²) < 4.78 is 5.61. The maximum atomic E-state index is 12.4. The molecule has 0 bridgehead atoms. The summed E-state index contributed by atoms with van der Waals surface area (Å²) in [6.45, 7) is 5.66. The number of hydrogen-bond acceptors (Lipinski definition) is 4. The summed E-state index contributed by atoms with van der Waals surface area (Å²) in [6.07, 6.45) is 0.673. The summed E-state index contributed by atoms with van der Waals surface area (Å²) in [7, 11) is 0. The van der Waals surface area contributed by atoms with Crippen molar-refractivity contribution in [2.75, 3.05) is 11.9 Å². The van der Waals surface area contributed by atoms with Crippen LogP contribution in [0, 0.1) is 20.8 Å². The van der Waals surface area contributed by atoms with Gasteiger partial charge in [0.25, 0.3) is 11.8 Å². The van der Waals surface area contributed by atoms with Gasteiger partial charge in [-0.15, -0.1) is 11.3 Å². The minimum absolute atomic E-state index is 0.147. The highest BCUT2D eigenvalue weighted by atomic mass is 32.1. The fourth-order valence-corrected chi connectivity index (χ4v) is 4.48. The summed E-state index contributed by atoms with van der Waals surface area (Å²) >= 11 is 1.38. The minimum atomic E-state index is -0.552. The van der Waals surface area contributed by atoms with E-state index in [1.807, 2.05) is 69.3 Å². The normalized spacial score (nSPS) is 10.6. The Morgan fingerprint density at radius 2 is 1.69 bits per heavy atom. The van der Waals surface area contributed by atoms with Gasteiger partial charge in [-0.05, 0) is 55.2 Å². The lowest BCUT2D eigenvalue weighted by molar-refractivity contribution is -0.118. The quantitative estimate of drug-likeness (QED) is 0.609. The zero-order chi connectivity index (χ0) is 21.0. The largest absolute Gasteiger partial charge is 0.484 e. The average Bonchev–Trinajstić information content (AvgIpc) is 2.95. The highest BCUT2D eigenvalue weighted by Gasteiger charge is 2.21. The van der Waals surface area contributed by atoms with Crippen LogP contribution in [0.4, 0.5) is 5.00 Å². The van der Waals surface area contributed by atoms with Crippen molar-refractivity contribution >= 4 is 28.2 Å². The van der Waals surface area contributed by atoms with E-state index in [1.54, 1.807) is 0 Å². The predicted molar refractivity (Wildman–Crippen MR) is 117 cm³/mol. The number of hydrogen-bond donors (Lipinski definition) is 2. The Hall–Kier alpha value is -3.12. The van der Waals surface area contributed by atoms with Crippen molar-refractivity contribution in [3.63, 3.8) is 0 Å². The van der Waals surface area contributed by atoms with Crippen molar-refractivity contribution in [3.05, 3.63) is 81.2 Å². The van der Waals surface area contributed by atoms with Gasteiger partial charge in [0.15, 0.2) is 6.61 Å². The standard InChI is InChI=1S/C23H24N2O3S/c1-14-9-15(2)11-18(10-14)28-13-20(26)25-23-21(22(24)27)16(3)19(29-23)12-17-7-5-4-6-8-17/h4-11H,12-13H2,1-3H3,(H2,24,27)(H,25,26). The van der Waals surface area contributed by atoms with Crippen LogP contribution in [0.1, 0.15) is 37.5 Å². The first-order valence-electron chi connectivity index (χ1n) is 9.30. The van der Waals surface area contributed by atoms with Crippen molar-refractivity contribution in [1.82, 2.24) is 0 Å². The number of amides is 2. The third-order valence-electron chi connectivity index (χ3n) is 4.52. The third kappa shape index (κ3) is 5.23. The molecule has 0 fully saturated rings. The number of nitrogens with one attached hydrogen (secondary N) is 1. The van der Waals surface area contributed by atoms with Crippen LogP contribution >= 0.6 is 11.3 Å². The first kappa shape index (κ1) is 20.6. The van der Waals surface area contributed by atoms with Crippen LogP contribution in [0.25, 0.3) is 0 Å². The van der Waals surface area contributed by atoms with Gasteiger partial charge < -0.3 is 15.8 Å². The molecule has 6 heteroatoms. The Bertz CT molecular complexity index is 1020. The Morgan fingerprint density at radius 3 is 2.31 bits per heavy atom. The molecule has 0 saturated heterocycles. The van der Waals surface area contributed by atoms with Gasteiger partial charge in [-0.2, -0.15) is 0 Å². The fourth-order valence-electron chi connectivity index (χ4n) is 3.22. The van der Waals surface area contributed by atoms with Crippen molar-refractivity contribution < 1.29 is 14.3 Å². The number of rotatable bonds is 7. The summed E-state index contributed by atoms with van der Waals surface area (Å²) in [4.78, 5) is 25.4. The van der Waals surface area contributed by atoms with Crippen molar-refractivity contribution in [2.45, 2.75) is 27.2 Å². The Balaban J connectivity index is 1.74. The van der Waals surface area contributed by atoms with Crippen LogP contribution in [0.5, 0.6) is 5.75 Å². The molecule has 0 aliphatic rings. The van der Waals surface area contributed by atoms with E-state index in [4.69, 9.17) is 10.5 Å². The van der Waals surface area contributed by atoms with Crippen LogP contribution in [0.2, 0.25) is 0 Å². The van der Waals surface area contributed by atoms with Gasteiger partial charge in [-0.1, -0.05) is 36.4 Å². The lowest BCUT2D eigenvalue weighted by atomic mass is 10.1. The number of primary amides is 1. The summed E-state index contributed by atoms with van der Waals surface area (Å²) in [6, 6.07) is 15.7. The van der Waals surface area contributed by atoms with Gasteiger partial charge in [-0.3, -0.25) is 9.59 Å². The molecule has 0 spiro atoms. The number of carbonyl (C=O) groups excluding carboxylic acids is 2. The first-order valence-corrected chi connectivity index (χ1v) is 10.1. The third-order valence-corrected chi connectivity index (χ3v) is 5.72. The van der Waals surface area contributed by atoms with Crippen molar-refractivity contribution in [2.24, 2.45) is 5.73 Å². The number of aryl methyl sites for hydroxylation is 2. The molecule has 0 saturated carbocycles. The second-order valence-electron chi connectivity index (χ2n) is 7.04. The van der Waals surface area contributed by atoms with Gasteiger partial charge >= 0.3 is 0 Å². The minimum Gasteiger partial charge on any atom is -0.484 e. The van der Waals surface area contributed by atoms with E-state index >= 15 is 0 Å². The Morgan fingerprint density at radius 1 is 1.03 bits per heavy atom. The number of nitrogens with two attached hydrogens (primary N) is 1. The highest BCUT2D eigenvalue weighted by molar-refractivity contribution is 7.17. The molecule has 2 aromatic carbocycles. The first-order chi connectivity index (χ1) is 13.8. The van der Waals surface area contributed by atoms with Crippen LogP contribution in [0.15, 0.2) is 48.5 Å². The molecule has 1 heterocycles. The maximum absolute atomic E-state index is 12.4. The predicted octanol–water partition coefficient (Wildman–Crippen LogP) is 4.38. The van der Waals surface area contributed by atoms with Gasteiger partial charge in [0.05, 0.1) is 5.56 Å². The van der Waals surface area contributed by atoms with Crippen LogP contribution < -0.4 is 15.8 Å². The molecule has 1 aromatic heterocycles. The molecule has 0 aliphatic heterocycles. The molecule has 0 atom stereocenters. The molecule has 29 heavy (non-hydrogen) atoms. The smallest absolute Gasteiger partial charge is 0.262 e. The summed E-state index contributed by atoms with van der Waals surface area (Å²) in [5.41, 5.74) is 10.0. The number of anilines is 1. The molecular weight excluding hydrogens is 384 g/mol. The van der Waals surface area contributed by atoms with E-state index in [1.165, 1.54) is 11.3 Å². The summed E-state index contributed by atoms with van der Waals surface area (Å²) in [5.74, 6) is -0.248. The number of carbonyl (C=O) groups is 2. The number of benzene rings is 2. The fraction of sp³-hybridized carbons (Fsp3) is 0.217. The topological polar surface area (TPSA) is 81.4 Å². The van der Waals surface area contributed by atoms with Gasteiger partial charge in [0.2, 0.25) is 0 Å². The van der Waals surface area contributed by atoms with Gasteiger partial charge in [0.1, 0.15) is 10.8 Å². The molecule has 3 aromatic rings. The second kappa shape index (κ2) is 8.92. The zero-order valence-corrected chi connectivity index (χ0v) is 17.6. The summed E-state index contributed by atoms with van der Waals surface area (Å²) in [5, 5.41) is 3.26. The van der Waals surface area contributed by atoms with E-state index in [9.17, 15) is 9.59 Å². The van der Waals surface area contributed by atoms with Crippen LogP contribution in [-0.2, 0) is 11.2 Å². The van der Waals surface area contributed by atoms with Crippen molar-refractivity contribution in [3.8, 4) is 5.75 Å². The molecule has 0 radical (unpaired) electrons. The monoisotopic (exact) mass is 408 g/mol. The SMILES string of the molecule is Cc1cc(C)cc(OCC(=O)Nc2sc(Cc3ccccc3)c(C)c2C(N)=O)c1. The Kier molecular flexibility index (Phi) is 6.34. The number of thiophene rings is 1. The van der Waals surface area contributed by atoms with Crippen molar-refractivity contribution in [1.29, 1.82) is 0 Å². The van der Waals surface area contributed by atoms with Gasteiger partial charge in [0, 0.05) is 11.3 Å². The van der Waals surface area contributed by atoms with Gasteiger partial charge in [-0.25, -0.2) is 0 Å². The lowest BCUT2D eigenvalue weighted by Gasteiger charge is -2.09. The van der Waals surface area contributed by atoms with E-state index < -0.39 is 5.91 Å². The number of ether oxygens (including phenoxy) is 1. The molecular formula is C23H24N2O3S. The van der Waals surface area contributed by atoms with E-state index in [0.29, 0.717) is 22.7 Å². The van der Waals surface area contributed by atoms with Crippen LogP contribution in [-0.4, -0.2) is 18.4 Å². The Labute approximate surface area is 174 Å².